The van der Waals surface area contributed by atoms with Crippen LogP contribution in [0.15, 0.2) is 24.3 Å². The summed E-state index contributed by atoms with van der Waals surface area (Å²) in [6.45, 7) is 2.43. The summed E-state index contributed by atoms with van der Waals surface area (Å²) in [5, 5.41) is 5.80. The van der Waals surface area contributed by atoms with E-state index in [1.807, 2.05) is 43.1 Å². The Balaban J connectivity index is 1.30. The standard InChI is InChI=1S/C23H33N3O3/c1-15(26(2)14-16-5-4-6-20(10-16)29-3)21(27)24-22(28)25-23-11-17-7-18(12-23)9-19(8-17)13-23/h4-6,10,15,17-19H,7-9,11-14H2,1-3H3,(H2,24,25,27,28)/t15-,17?,18?,19?,23?/m1/s1. The zero-order chi connectivity index (χ0) is 20.6. The topological polar surface area (TPSA) is 70.7 Å². The van der Waals surface area contributed by atoms with Gasteiger partial charge < -0.3 is 10.1 Å². The molecule has 3 amide bonds. The van der Waals surface area contributed by atoms with Crippen molar-refractivity contribution >= 4 is 11.9 Å². The fraction of sp³-hybridized carbons (Fsp3) is 0.652. The second-order valence-corrected chi connectivity index (χ2v) is 9.58. The molecule has 6 heteroatoms. The lowest BCUT2D eigenvalue weighted by molar-refractivity contribution is -0.124. The first-order chi connectivity index (χ1) is 13.9. The van der Waals surface area contributed by atoms with Gasteiger partial charge in [0, 0.05) is 12.1 Å². The summed E-state index contributed by atoms with van der Waals surface area (Å²) in [6.07, 6.45) is 7.21. The number of ether oxygens (including phenoxy) is 1. The average molecular weight is 400 g/mol. The molecule has 1 aromatic carbocycles. The smallest absolute Gasteiger partial charge is 0.321 e. The van der Waals surface area contributed by atoms with Crippen molar-refractivity contribution in [1.29, 1.82) is 0 Å². The maximum atomic E-state index is 12.7. The first-order valence-electron chi connectivity index (χ1n) is 10.8. The number of carbonyl (C=O) groups excluding carboxylic acids is 2. The van der Waals surface area contributed by atoms with E-state index >= 15 is 0 Å². The molecule has 4 fully saturated rings. The Morgan fingerprint density at radius 2 is 1.79 bits per heavy atom. The van der Waals surface area contributed by atoms with E-state index in [1.54, 1.807) is 7.11 Å². The second-order valence-electron chi connectivity index (χ2n) is 9.58. The van der Waals surface area contributed by atoms with Gasteiger partial charge in [-0.2, -0.15) is 0 Å². The first kappa shape index (κ1) is 20.2. The van der Waals surface area contributed by atoms with Crippen LogP contribution >= 0.6 is 0 Å². The van der Waals surface area contributed by atoms with Crippen molar-refractivity contribution in [1.82, 2.24) is 15.5 Å². The number of benzene rings is 1. The Kier molecular flexibility index (Phi) is 5.56. The van der Waals surface area contributed by atoms with Gasteiger partial charge >= 0.3 is 6.03 Å². The van der Waals surface area contributed by atoms with Crippen LogP contribution in [-0.2, 0) is 11.3 Å². The van der Waals surface area contributed by atoms with Crippen LogP contribution in [0.1, 0.15) is 51.0 Å². The Hall–Kier alpha value is -2.08. The van der Waals surface area contributed by atoms with Crippen molar-refractivity contribution in [3.63, 3.8) is 0 Å². The van der Waals surface area contributed by atoms with Gasteiger partial charge in [-0.15, -0.1) is 0 Å². The molecular formula is C23H33N3O3. The number of urea groups is 1. The number of hydrogen-bond donors (Lipinski definition) is 2. The summed E-state index contributed by atoms with van der Waals surface area (Å²) in [4.78, 5) is 27.2. The van der Waals surface area contributed by atoms with Crippen LogP contribution in [0.25, 0.3) is 0 Å². The van der Waals surface area contributed by atoms with E-state index in [-0.39, 0.29) is 17.5 Å². The van der Waals surface area contributed by atoms with Crippen LogP contribution in [0.5, 0.6) is 5.75 Å². The average Bonchev–Trinajstić information content (AvgIpc) is 2.65. The van der Waals surface area contributed by atoms with E-state index in [9.17, 15) is 9.59 Å². The van der Waals surface area contributed by atoms with Crippen molar-refractivity contribution in [3.05, 3.63) is 29.8 Å². The van der Waals surface area contributed by atoms with Crippen molar-refractivity contribution in [2.45, 2.75) is 63.6 Å². The first-order valence-corrected chi connectivity index (χ1v) is 10.8. The zero-order valence-electron chi connectivity index (χ0n) is 17.7. The molecule has 1 atom stereocenters. The largest absolute Gasteiger partial charge is 0.497 e. The predicted molar refractivity (Wildman–Crippen MR) is 112 cm³/mol. The van der Waals surface area contributed by atoms with E-state index in [2.05, 4.69) is 10.6 Å². The third kappa shape index (κ3) is 4.42. The fourth-order valence-corrected chi connectivity index (χ4v) is 6.15. The highest BCUT2D eigenvalue weighted by Gasteiger charge is 2.51. The highest BCUT2D eigenvalue weighted by Crippen LogP contribution is 2.55. The van der Waals surface area contributed by atoms with Crippen molar-refractivity contribution in [2.75, 3.05) is 14.2 Å². The number of nitrogens with zero attached hydrogens (tertiary/aromatic N) is 1. The Morgan fingerprint density at radius 3 is 2.38 bits per heavy atom. The van der Waals surface area contributed by atoms with Crippen LogP contribution in [-0.4, -0.2) is 42.6 Å². The van der Waals surface area contributed by atoms with E-state index in [1.165, 1.54) is 19.3 Å². The van der Waals surface area contributed by atoms with E-state index in [0.717, 1.165) is 48.3 Å². The maximum Gasteiger partial charge on any atom is 0.321 e. The van der Waals surface area contributed by atoms with Crippen molar-refractivity contribution in [2.24, 2.45) is 17.8 Å². The molecule has 0 saturated heterocycles. The van der Waals surface area contributed by atoms with E-state index in [4.69, 9.17) is 4.74 Å². The van der Waals surface area contributed by atoms with Gasteiger partial charge in [-0.1, -0.05) is 12.1 Å². The molecule has 0 spiro atoms. The molecule has 4 aliphatic carbocycles. The Labute approximate surface area is 173 Å². The van der Waals surface area contributed by atoms with Crippen LogP contribution in [0.3, 0.4) is 0 Å². The van der Waals surface area contributed by atoms with Crippen LogP contribution in [0.4, 0.5) is 4.79 Å². The van der Waals surface area contributed by atoms with Crippen LogP contribution in [0.2, 0.25) is 0 Å². The highest BCUT2D eigenvalue weighted by atomic mass is 16.5. The fourth-order valence-electron chi connectivity index (χ4n) is 6.15. The lowest BCUT2D eigenvalue weighted by Gasteiger charge is -2.56. The Morgan fingerprint density at radius 1 is 1.17 bits per heavy atom. The van der Waals surface area contributed by atoms with E-state index < -0.39 is 6.04 Å². The van der Waals surface area contributed by atoms with Crippen LogP contribution in [0, 0.1) is 17.8 Å². The molecule has 4 aliphatic rings. The summed E-state index contributed by atoms with van der Waals surface area (Å²) < 4.78 is 5.26. The van der Waals surface area contributed by atoms with Gasteiger partial charge in [-0.05, 0) is 87.9 Å². The highest BCUT2D eigenvalue weighted by molar-refractivity contribution is 5.97. The minimum atomic E-state index is -0.414. The lowest BCUT2D eigenvalue weighted by atomic mass is 9.53. The summed E-state index contributed by atoms with van der Waals surface area (Å²) in [6, 6.07) is 7.05. The minimum Gasteiger partial charge on any atom is -0.497 e. The number of nitrogens with one attached hydrogen (secondary N) is 2. The number of likely N-dealkylation sites (N-methyl/N-ethyl adjacent to an activating group) is 1. The van der Waals surface area contributed by atoms with E-state index in [0.29, 0.717) is 6.54 Å². The predicted octanol–water partition coefficient (Wildman–Crippen LogP) is 3.31. The van der Waals surface area contributed by atoms with Gasteiger partial charge in [0.1, 0.15) is 5.75 Å². The van der Waals surface area contributed by atoms with Gasteiger partial charge in [0.15, 0.2) is 0 Å². The molecule has 4 bridgehead atoms. The Bertz CT molecular complexity index is 743. The number of rotatable bonds is 6. The number of methoxy groups -OCH3 is 1. The molecule has 5 rings (SSSR count). The van der Waals surface area contributed by atoms with Gasteiger partial charge in [0.2, 0.25) is 5.91 Å². The van der Waals surface area contributed by atoms with Gasteiger partial charge in [0.25, 0.3) is 0 Å². The molecule has 29 heavy (non-hydrogen) atoms. The van der Waals surface area contributed by atoms with Crippen LogP contribution < -0.4 is 15.4 Å². The summed E-state index contributed by atoms with van der Waals surface area (Å²) in [5.41, 5.74) is 0.971. The third-order valence-corrected chi connectivity index (χ3v) is 7.26. The maximum absolute atomic E-state index is 12.7. The van der Waals surface area contributed by atoms with Gasteiger partial charge in [-0.3, -0.25) is 15.0 Å². The quantitative estimate of drug-likeness (QED) is 0.770. The van der Waals surface area contributed by atoms with Crippen molar-refractivity contribution in [3.8, 4) is 5.75 Å². The van der Waals surface area contributed by atoms with Gasteiger partial charge in [0.05, 0.1) is 13.2 Å². The molecule has 0 aliphatic heterocycles. The third-order valence-electron chi connectivity index (χ3n) is 7.26. The zero-order valence-corrected chi connectivity index (χ0v) is 17.7. The molecule has 2 N–H and O–H groups in total. The molecule has 1 aromatic rings. The molecule has 6 nitrogen and oxygen atoms in total. The SMILES string of the molecule is COc1cccc(CN(C)[C@H](C)C(=O)NC(=O)NC23CC4CC(CC(C4)C2)C3)c1. The minimum absolute atomic E-state index is 0.0884. The summed E-state index contributed by atoms with van der Waals surface area (Å²) in [5.74, 6) is 2.79. The van der Waals surface area contributed by atoms with Crippen molar-refractivity contribution < 1.29 is 14.3 Å². The molecule has 0 radical (unpaired) electrons. The molecular weight excluding hydrogens is 366 g/mol. The molecule has 4 saturated carbocycles. The number of hydrogen-bond acceptors (Lipinski definition) is 4. The second kappa shape index (κ2) is 7.98. The molecule has 0 aromatic heterocycles. The number of amides is 3. The summed E-state index contributed by atoms with van der Waals surface area (Å²) in [7, 11) is 3.53. The molecule has 0 heterocycles. The lowest BCUT2D eigenvalue weighted by Crippen LogP contribution is -2.62. The molecule has 0 unspecified atom stereocenters. The monoisotopic (exact) mass is 399 g/mol. The normalized spacial score (nSPS) is 30.8. The number of imide groups is 1. The number of carbonyl (C=O) groups is 2. The summed E-state index contributed by atoms with van der Waals surface area (Å²) >= 11 is 0. The molecule has 158 valence electrons. The van der Waals surface area contributed by atoms with Gasteiger partial charge in [-0.25, -0.2) is 4.79 Å².